The highest BCUT2D eigenvalue weighted by Crippen LogP contribution is 2.14. The van der Waals surface area contributed by atoms with E-state index < -0.39 is 0 Å². The molecule has 0 saturated carbocycles. The van der Waals surface area contributed by atoms with Gasteiger partial charge in [-0.3, -0.25) is 9.59 Å². The second-order valence-corrected chi connectivity index (χ2v) is 6.35. The standard InChI is InChI=1S/C19H21ClN2O2/c1-22(2)13-14-4-3-5-17(12-14)21-19(24)11-10-18(23)15-6-8-16(20)9-7-15/h3-9,12H,10-11,13H2,1-2H3,(H,21,24). The molecule has 0 aromatic heterocycles. The third kappa shape index (κ3) is 5.80. The van der Waals surface area contributed by atoms with Gasteiger partial charge >= 0.3 is 0 Å². The molecule has 0 bridgehead atoms. The molecule has 4 nitrogen and oxygen atoms in total. The van der Waals surface area contributed by atoms with Crippen molar-refractivity contribution in [1.82, 2.24) is 4.90 Å². The van der Waals surface area contributed by atoms with Crippen LogP contribution in [-0.4, -0.2) is 30.7 Å². The summed E-state index contributed by atoms with van der Waals surface area (Å²) in [6, 6.07) is 14.4. The Bertz CT molecular complexity index is 712. The molecule has 2 aromatic rings. The van der Waals surface area contributed by atoms with Gasteiger partial charge in [0.2, 0.25) is 5.91 Å². The molecule has 0 heterocycles. The van der Waals surface area contributed by atoms with Crippen LogP contribution in [0.25, 0.3) is 0 Å². The van der Waals surface area contributed by atoms with Gasteiger partial charge in [-0.25, -0.2) is 0 Å². The van der Waals surface area contributed by atoms with Crippen LogP contribution in [0, 0.1) is 0 Å². The molecule has 0 spiro atoms. The summed E-state index contributed by atoms with van der Waals surface area (Å²) < 4.78 is 0. The van der Waals surface area contributed by atoms with E-state index in [1.165, 1.54) is 0 Å². The zero-order valence-corrected chi connectivity index (χ0v) is 14.6. The molecule has 0 unspecified atom stereocenters. The number of ketones is 1. The molecule has 1 N–H and O–H groups in total. The van der Waals surface area contributed by atoms with E-state index in [0.29, 0.717) is 10.6 Å². The number of halogens is 1. The zero-order chi connectivity index (χ0) is 17.5. The fourth-order valence-electron chi connectivity index (χ4n) is 2.34. The SMILES string of the molecule is CN(C)Cc1cccc(NC(=O)CCC(=O)c2ccc(Cl)cc2)c1. The van der Waals surface area contributed by atoms with Gasteiger partial charge in [-0.05, 0) is 56.1 Å². The van der Waals surface area contributed by atoms with Crippen LogP contribution in [0.1, 0.15) is 28.8 Å². The first kappa shape index (κ1) is 18.2. The van der Waals surface area contributed by atoms with Crippen molar-refractivity contribution in [3.63, 3.8) is 0 Å². The maximum Gasteiger partial charge on any atom is 0.224 e. The van der Waals surface area contributed by atoms with Crippen LogP contribution in [0.5, 0.6) is 0 Å². The lowest BCUT2D eigenvalue weighted by atomic mass is 10.1. The van der Waals surface area contributed by atoms with Crippen molar-refractivity contribution in [2.24, 2.45) is 0 Å². The normalized spacial score (nSPS) is 10.7. The number of nitrogens with one attached hydrogen (secondary N) is 1. The van der Waals surface area contributed by atoms with E-state index in [4.69, 9.17) is 11.6 Å². The van der Waals surface area contributed by atoms with E-state index in [1.807, 2.05) is 38.4 Å². The van der Waals surface area contributed by atoms with E-state index in [1.54, 1.807) is 24.3 Å². The zero-order valence-electron chi connectivity index (χ0n) is 13.9. The Balaban J connectivity index is 1.87. The van der Waals surface area contributed by atoms with Crippen LogP contribution in [0.3, 0.4) is 0 Å². The summed E-state index contributed by atoms with van der Waals surface area (Å²) in [6.07, 6.45) is 0.324. The van der Waals surface area contributed by atoms with Crippen LogP contribution in [0.2, 0.25) is 5.02 Å². The quantitative estimate of drug-likeness (QED) is 0.772. The van der Waals surface area contributed by atoms with Crippen molar-refractivity contribution < 1.29 is 9.59 Å². The van der Waals surface area contributed by atoms with Crippen LogP contribution < -0.4 is 5.32 Å². The van der Waals surface area contributed by atoms with Crippen LogP contribution >= 0.6 is 11.6 Å². The molecule has 5 heteroatoms. The molecular weight excluding hydrogens is 324 g/mol. The summed E-state index contributed by atoms with van der Waals surface area (Å²) in [7, 11) is 3.99. The van der Waals surface area contributed by atoms with Crippen molar-refractivity contribution in [2.75, 3.05) is 19.4 Å². The van der Waals surface area contributed by atoms with Crippen LogP contribution in [-0.2, 0) is 11.3 Å². The van der Waals surface area contributed by atoms with Gasteiger partial charge in [0, 0.05) is 35.7 Å². The second kappa shape index (κ2) is 8.62. The van der Waals surface area contributed by atoms with Crippen LogP contribution in [0.4, 0.5) is 5.69 Å². The number of amides is 1. The average molecular weight is 345 g/mol. The molecule has 0 aliphatic carbocycles. The maximum atomic E-state index is 12.1. The summed E-state index contributed by atoms with van der Waals surface area (Å²) in [6.45, 7) is 0.804. The molecule has 126 valence electrons. The fraction of sp³-hybridized carbons (Fsp3) is 0.263. The highest BCUT2D eigenvalue weighted by molar-refractivity contribution is 6.30. The lowest BCUT2D eigenvalue weighted by Gasteiger charge is -2.11. The Kier molecular flexibility index (Phi) is 6.53. The Morgan fingerprint density at radius 2 is 1.75 bits per heavy atom. The van der Waals surface area contributed by atoms with Gasteiger partial charge in [0.05, 0.1) is 0 Å². The summed E-state index contributed by atoms with van der Waals surface area (Å²) in [4.78, 5) is 26.2. The van der Waals surface area contributed by atoms with Crippen molar-refractivity contribution in [3.05, 3.63) is 64.7 Å². The first-order valence-corrected chi connectivity index (χ1v) is 8.14. The van der Waals surface area contributed by atoms with Gasteiger partial charge in [-0.1, -0.05) is 23.7 Å². The van der Waals surface area contributed by atoms with Crippen molar-refractivity contribution in [3.8, 4) is 0 Å². The van der Waals surface area contributed by atoms with Gasteiger partial charge in [0.15, 0.2) is 5.78 Å². The number of nitrogens with zero attached hydrogens (tertiary/aromatic N) is 1. The fourth-order valence-corrected chi connectivity index (χ4v) is 2.47. The number of hydrogen-bond donors (Lipinski definition) is 1. The molecule has 0 radical (unpaired) electrons. The highest BCUT2D eigenvalue weighted by Gasteiger charge is 2.10. The molecule has 1 amide bonds. The monoisotopic (exact) mass is 344 g/mol. The van der Waals surface area contributed by atoms with Crippen molar-refractivity contribution in [1.29, 1.82) is 0 Å². The minimum Gasteiger partial charge on any atom is -0.326 e. The Labute approximate surface area is 147 Å². The molecule has 0 fully saturated rings. The van der Waals surface area contributed by atoms with Gasteiger partial charge in [-0.2, -0.15) is 0 Å². The largest absolute Gasteiger partial charge is 0.326 e. The van der Waals surface area contributed by atoms with Gasteiger partial charge in [0.25, 0.3) is 0 Å². The molecule has 24 heavy (non-hydrogen) atoms. The lowest BCUT2D eigenvalue weighted by molar-refractivity contribution is -0.116. The van der Waals surface area contributed by atoms with Gasteiger partial charge in [0.1, 0.15) is 0 Å². The second-order valence-electron chi connectivity index (χ2n) is 5.92. The third-order valence-electron chi connectivity index (χ3n) is 3.45. The predicted molar refractivity (Wildman–Crippen MR) is 97.5 cm³/mol. The number of benzene rings is 2. The number of anilines is 1. The first-order chi connectivity index (χ1) is 11.4. The van der Waals surface area contributed by atoms with Gasteiger partial charge in [-0.15, -0.1) is 0 Å². The van der Waals surface area contributed by atoms with Crippen molar-refractivity contribution in [2.45, 2.75) is 19.4 Å². The Hall–Kier alpha value is -2.17. The molecule has 0 aliphatic rings. The van der Waals surface area contributed by atoms with E-state index in [9.17, 15) is 9.59 Å². The first-order valence-electron chi connectivity index (χ1n) is 7.76. The molecule has 2 aromatic carbocycles. The number of hydrogen-bond acceptors (Lipinski definition) is 3. The topological polar surface area (TPSA) is 49.4 Å². The van der Waals surface area contributed by atoms with E-state index in [-0.39, 0.29) is 24.5 Å². The molecule has 0 aliphatic heterocycles. The summed E-state index contributed by atoms with van der Waals surface area (Å²) in [5, 5.41) is 3.43. The Morgan fingerprint density at radius 1 is 1.04 bits per heavy atom. The molecule has 2 rings (SSSR count). The molecule has 0 saturated heterocycles. The minimum atomic E-state index is -0.167. The summed E-state index contributed by atoms with van der Waals surface area (Å²) in [5.41, 5.74) is 2.44. The summed E-state index contributed by atoms with van der Waals surface area (Å²) >= 11 is 5.80. The molecular formula is C19H21ClN2O2. The predicted octanol–water partition coefficient (Wildman–Crippen LogP) is 4.00. The number of carbonyl (C=O) groups excluding carboxylic acids is 2. The number of Topliss-reactive ketones (excluding diaryl/α,β-unsaturated/α-hetero) is 1. The smallest absolute Gasteiger partial charge is 0.224 e. The minimum absolute atomic E-state index is 0.0665. The lowest BCUT2D eigenvalue weighted by Crippen LogP contribution is -2.14. The average Bonchev–Trinajstić information content (AvgIpc) is 2.53. The number of carbonyl (C=O) groups is 2. The number of rotatable bonds is 7. The van der Waals surface area contributed by atoms with E-state index in [2.05, 4.69) is 10.2 Å². The van der Waals surface area contributed by atoms with Gasteiger partial charge < -0.3 is 10.2 Å². The van der Waals surface area contributed by atoms with Crippen LogP contribution in [0.15, 0.2) is 48.5 Å². The summed E-state index contributed by atoms with van der Waals surface area (Å²) in [5.74, 6) is -0.234. The molecule has 0 atom stereocenters. The van der Waals surface area contributed by atoms with Crippen molar-refractivity contribution >= 4 is 29.0 Å². The maximum absolute atomic E-state index is 12.1. The highest BCUT2D eigenvalue weighted by atomic mass is 35.5. The Morgan fingerprint density at radius 3 is 2.42 bits per heavy atom. The third-order valence-corrected chi connectivity index (χ3v) is 3.71. The van der Waals surface area contributed by atoms with E-state index in [0.717, 1.165) is 17.8 Å². The van der Waals surface area contributed by atoms with E-state index >= 15 is 0 Å².